The number of amides is 1. The molecule has 6 heteroatoms. The number of halogens is 1. The molecule has 0 aliphatic heterocycles. The van der Waals surface area contributed by atoms with Crippen LogP contribution in [0.2, 0.25) is 5.02 Å². The molecule has 1 aromatic carbocycles. The molecule has 0 fully saturated rings. The van der Waals surface area contributed by atoms with Crippen LogP contribution in [0.4, 0.5) is 0 Å². The third-order valence-electron chi connectivity index (χ3n) is 2.97. The fraction of sp³-hybridized carbons (Fsp3) is 0.429. The van der Waals surface area contributed by atoms with Crippen LogP contribution in [-0.4, -0.2) is 34.2 Å². The van der Waals surface area contributed by atoms with Crippen molar-refractivity contribution in [3.8, 4) is 0 Å². The highest BCUT2D eigenvalue weighted by atomic mass is 35.5. The van der Waals surface area contributed by atoms with E-state index in [2.05, 4.69) is 5.32 Å². The number of carbonyl (C=O) groups excluding carboxylic acids is 1. The van der Waals surface area contributed by atoms with Gasteiger partial charge in [-0.05, 0) is 37.5 Å². The number of aliphatic carboxylic acids is 1. The fourth-order valence-corrected chi connectivity index (χ4v) is 1.69. The SMILES string of the molecule is Cc1ccc(CCC(=O)NCC(C)(O)C(=O)O)cc1Cl. The van der Waals surface area contributed by atoms with Gasteiger partial charge in [-0.25, -0.2) is 4.79 Å². The molecule has 0 aromatic heterocycles. The van der Waals surface area contributed by atoms with Crippen LogP contribution in [0.25, 0.3) is 0 Å². The molecule has 5 nitrogen and oxygen atoms in total. The zero-order valence-corrected chi connectivity index (χ0v) is 12.2. The van der Waals surface area contributed by atoms with E-state index in [9.17, 15) is 14.7 Å². The predicted octanol–water partition coefficient (Wildman–Crippen LogP) is 1.53. The maximum Gasteiger partial charge on any atom is 0.337 e. The normalized spacial score (nSPS) is 13.6. The molecule has 1 aromatic rings. The second-order valence-electron chi connectivity index (χ2n) is 4.94. The Kier molecular flexibility index (Phi) is 5.53. The number of nitrogens with one attached hydrogen (secondary N) is 1. The van der Waals surface area contributed by atoms with Crippen LogP contribution < -0.4 is 5.32 Å². The lowest BCUT2D eigenvalue weighted by molar-refractivity contribution is -0.156. The topological polar surface area (TPSA) is 86.6 Å². The third kappa shape index (κ3) is 4.83. The first-order chi connectivity index (χ1) is 9.22. The minimum Gasteiger partial charge on any atom is -0.479 e. The Balaban J connectivity index is 2.44. The smallest absolute Gasteiger partial charge is 0.337 e. The number of benzene rings is 1. The van der Waals surface area contributed by atoms with Gasteiger partial charge in [0.05, 0.1) is 6.54 Å². The van der Waals surface area contributed by atoms with Gasteiger partial charge in [-0.1, -0.05) is 23.7 Å². The summed E-state index contributed by atoms with van der Waals surface area (Å²) in [6.45, 7) is 2.71. The molecule has 110 valence electrons. The van der Waals surface area contributed by atoms with Crippen molar-refractivity contribution in [3.63, 3.8) is 0 Å². The summed E-state index contributed by atoms with van der Waals surface area (Å²) in [6.07, 6.45) is 0.705. The zero-order chi connectivity index (χ0) is 15.3. The van der Waals surface area contributed by atoms with Crippen molar-refractivity contribution in [1.29, 1.82) is 0 Å². The molecule has 0 saturated heterocycles. The highest BCUT2D eigenvalue weighted by Crippen LogP contribution is 2.17. The molecule has 0 aliphatic rings. The first-order valence-corrected chi connectivity index (χ1v) is 6.57. The van der Waals surface area contributed by atoms with Crippen molar-refractivity contribution in [3.05, 3.63) is 34.3 Å². The van der Waals surface area contributed by atoms with Gasteiger partial charge in [0.15, 0.2) is 5.60 Å². The molecule has 0 bridgehead atoms. The molecular weight excluding hydrogens is 282 g/mol. The Morgan fingerprint density at radius 3 is 2.60 bits per heavy atom. The minimum atomic E-state index is -1.96. The summed E-state index contributed by atoms with van der Waals surface area (Å²) in [6, 6.07) is 5.57. The summed E-state index contributed by atoms with van der Waals surface area (Å²) in [5.74, 6) is -1.69. The van der Waals surface area contributed by atoms with E-state index in [1.165, 1.54) is 0 Å². The van der Waals surface area contributed by atoms with Crippen molar-refractivity contribution in [2.75, 3.05) is 6.54 Å². The van der Waals surface area contributed by atoms with E-state index in [1.54, 1.807) is 6.07 Å². The van der Waals surface area contributed by atoms with Crippen LogP contribution in [0.3, 0.4) is 0 Å². The van der Waals surface area contributed by atoms with E-state index in [1.807, 2.05) is 19.1 Å². The lowest BCUT2D eigenvalue weighted by Gasteiger charge is -2.18. The number of hydrogen-bond acceptors (Lipinski definition) is 3. The van der Waals surface area contributed by atoms with Gasteiger partial charge < -0.3 is 15.5 Å². The molecule has 0 heterocycles. The van der Waals surface area contributed by atoms with Gasteiger partial charge in [0.25, 0.3) is 0 Å². The van der Waals surface area contributed by atoms with Crippen LogP contribution >= 0.6 is 11.6 Å². The molecule has 20 heavy (non-hydrogen) atoms. The van der Waals surface area contributed by atoms with Gasteiger partial charge >= 0.3 is 5.97 Å². The second kappa shape index (κ2) is 6.72. The van der Waals surface area contributed by atoms with E-state index < -0.39 is 11.6 Å². The maximum absolute atomic E-state index is 11.6. The summed E-state index contributed by atoms with van der Waals surface area (Å²) in [5.41, 5.74) is -0.0545. The molecular formula is C14H18ClNO4. The lowest BCUT2D eigenvalue weighted by atomic mass is 10.1. The van der Waals surface area contributed by atoms with Crippen LogP contribution in [0.15, 0.2) is 18.2 Å². The Morgan fingerprint density at radius 2 is 2.05 bits per heavy atom. The molecule has 1 atom stereocenters. The van der Waals surface area contributed by atoms with Gasteiger partial charge in [-0.15, -0.1) is 0 Å². The van der Waals surface area contributed by atoms with Crippen LogP contribution in [0.1, 0.15) is 24.5 Å². The molecule has 0 saturated carbocycles. The van der Waals surface area contributed by atoms with Crippen molar-refractivity contribution < 1.29 is 19.8 Å². The number of rotatable bonds is 6. The van der Waals surface area contributed by atoms with Gasteiger partial charge in [0.1, 0.15) is 0 Å². The van der Waals surface area contributed by atoms with E-state index >= 15 is 0 Å². The number of carbonyl (C=O) groups is 2. The van der Waals surface area contributed by atoms with Crippen LogP contribution in [0.5, 0.6) is 0 Å². The fourth-order valence-electron chi connectivity index (χ4n) is 1.48. The van der Waals surface area contributed by atoms with E-state index in [-0.39, 0.29) is 18.9 Å². The minimum absolute atomic E-state index is 0.203. The summed E-state index contributed by atoms with van der Waals surface area (Å²) in [4.78, 5) is 22.3. The molecule has 1 rings (SSSR count). The van der Waals surface area contributed by atoms with Crippen molar-refractivity contribution in [1.82, 2.24) is 5.32 Å². The zero-order valence-electron chi connectivity index (χ0n) is 11.4. The van der Waals surface area contributed by atoms with Gasteiger partial charge in [0.2, 0.25) is 5.91 Å². The molecule has 0 aliphatic carbocycles. The van der Waals surface area contributed by atoms with E-state index in [0.29, 0.717) is 11.4 Å². The third-order valence-corrected chi connectivity index (χ3v) is 3.37. The number of hydrogen-bond donors (Lipinski definition) is 3. The monoisotopic (exact) mass is 299 g/mol. The summed E-state index contributed by atoms with van der Waals surface area (Å²) >= 11 is 5.99. The van der Waals surface area contributed by atoms with Gasteiger partial charge in [-0.2, -0.15) is 0 Å². The first-order valence-electron chi connectivity index (χ1n) is 6.20. The molecule has 3 N–H and O–H groups in total. The maximum atomic E-state index is 11.6. The predicted molar refractivity (Wildman–Crippen MR) is 75.8 cm³/mol. The molecule has 1 unspecified atom stereocenters. The molecule has 0 spiro atoms. The summed E-state index contributed by atoms with van der Waals surface area (Å²) in [7, 11) is 0. The van der Waals surface area contributed by atoms with Crippen molar-refractivity contribution in [2.45, 2.75) is 32.3 Å². The first kappa shape index (κ1) is 16.5. The average Bonchev–Trinajstić information content (AvgIpc) is 2.37. The Morgan fingerprint density at radius 1 is 1.40 bits per heavy atom. The number of carboxylic acids is 1. The second-order valence-corrected chi connectivity index (χ2v) is 5.35. The largest absolute Gasteiger partial charge is 0.479 e. The standard InChI is InChI=1S/C14H18ClNO4/c1-9-3-4-10(7-11(9)15)5-6-12(17)16-8-14(2,20)13(18)19/h3-4,7,20H,5-6,8H2,1-2H3,(H,16,17)(H,18,19). The molecule has 0 radical (unpaired) electrons. The highest BCUT2D eigenvalue weighted by Gasteiger charge is 2.30. The summed E-state index contributed by atoms with van der Waals surface area (Å²) < 4.78 is 0. The average molecular weight is 300 g/mol. The number of aryl methyl sites for hydroxylation is 2. The number of carboxylic acid groups (broad SMARTS) is 1. The Bertz CT molecular complexity index is 514. The van der Waals surface area contributed by atoms with E-state index in [4.69, 9.17) is 16.7 Å². The molecule has 1 amide bonds. The van der Waals surface area contributed by atoms with Crippen LogP contribution in [-0.2, 0) is 16.0 Å². The van der Waals surface area contributed by atoms with Crippen LogP contribution in [0, 0.1) is 6.92 Å². The quantitative estimate of drug-likeness (QED) is 0.743. The van der Waals surface area contributed by atoms with Gasteiger partial charge in [0, 0.05) is 11.4 Å². The summed E-state index contributed by atoms with van der Waals surface area (Å²) in [5, 5.41) is 21.2. The van der Waals surface area contributed by atoms with E-state index in [0.717, 1.165) is 18.1 Å². The van der Waals surface area contributed by atoms with Crippen molar-refractivity contribution in [2.24, 2.45) is 0 Å². The lowest BCUT2D eigenvalue weighted by Crippen LogP contribution is -2.46. The highest BCUT2D eigenvalue weighted by molar-refractivity contribution is 6.31. The Labute approximate surface area is 122 Å². The Hall–Kier alpha value is -1.59. The number of aliphatic hydroxyl groups is 1. The van der Waals surface area contributed by atoms with Gasteiger partial charge in [-0.3, -0.25) is 4.79 Å². The van der Waals surface area contributed by atoms with Crippen molar-refractivity contribution >= 4 is 23.5 Å².